The molecule has 0 aliphatic carbocycles. The summed E-state index contributed by atoms with van der Waals surface area (Å²) in [7, 11) is 0. The van der Waals surface area contributed by atoms with Crippen molar-refractivity contribution < 1.29 is 14.7 Å². The lowest BCUT2D eigenvalue weighted by Crippen LogP contribution is -2.44. The second-order valence-electron chi connectivity index (χ2n) is 4.16. The van der Waals surface area contributed by atoms with E-state index in [0.717, 1.165) is 19.3 Å². The molecular formula is C12H19NO3. The first-order chi connectivity index (χ1) is 7.65. The van der Waals surface area contributed by atoms with Crippen LogP contribution in [0.25, 0.3) is 0 Å². The van der Waals surface area contributed by atoms with Crippen molar-refractivity contribution in [3.05, 3.63) is 12.7 Å². The molecule has 1 amide bonds. The molecule has 1 saturated heterocycles. The molecule has 0 bridgehead atoms. The maximum atomic E-state index is 11.8. The molecule has 0 saturated carbocycles. The van der Waals surface area contributed by atoms with Crippen LogP contribution in [0.2, 0.25) is 0 Å². The van der Waals surface area contributed by atoms with Crippen molar-refractivity contribution in [1.82, 2.24) is 4.90 Å². The fourth-order valence-corrected chi connectivity index (χ4v) is 2.11. The molecule has 1 N–H and O–H groups in total. The lowest BCUT2D eigenvalue weighted by Gasteiger charge is -2.35. The average molecular weight is 225 g/mol. The first-order valence-electron chi connectivity index (χ1n) is 5.77. The molecule has 0 radical (unpaired) electrons. The van der Waals surface area contributed by atoms with Crippen LogP contribution in [0, 0.1) is 0 Å². The van der Waals surface area contributed by atoms with Crippen LogP contribution in [-0.4, -0.2) is 34.5 Å². The van der Waals surface area contributed by atoms with Gasteiger partial charge in [-0.25, -0.2) is 0 Å². The number of carbonyl (C=O) groups is 2. The third-order valence-electron chi connectivity index (χ3n) is 2.92. The lowest BCUT2D eigenvalue weighted by atomic mass is 9.99. The van der Waals surface area contributed by atoms with E-state index in [0.29, 0.717) is 19.4 Å². The molecule has 0 spiro atoms. The summed E-state index contributed by atoms with van der Waals surface area (Å²) in [5.41, 5.74) is 0. The average Bonchev–Trinajstić information content (AvgIpc) is 2.26. The van der Waals surface area contributed by atoms with Crippen molar-refractivity contribution in [2.75, 3.05) is 6.54 Å². The zero-order valence-corrected chi connectivity index (χ0v) is 9.52. The fraction of sp³-hybridized carbons (Fsp3) is 0.667. The number of rotatable bonds is 5. The highest BCUT2D eigenvalue weighted by Crippen LogP contribution is 2.20. The SMILES string of the molecule is C=CCCC(=O)N1CCCCC1CC(=O)O. The van der Waals surface area contributed by atoms with E-state index in [-0.39, 0.29) is 18.4 Å². The van der Waals surface area contributed by atoms with Crippen molar-refractivity contribution >= 4 is 11.9 Å². The van der Waals surface area contributed by atoms with E-state index in [1.54, 1.807) is 11.0 Å². The normalized spacial score (nSPS) is 20.5. The zero-order valence-electron chi connectivity index (χ0n) is 9.52. The first kappa shape index (κ1) is 12.7. The molecule has 16 heavy (non-hydrogen) atoms. The predicted octanol–water partition coefficient (Wildman–Crippen LogP) is 1.81. The van der Waals surface area contributed by atoms with Gasteiger partial charge in [0.05, 0.1) is 6.42 Å². The Bertz CT molecular complexity index is 275. The minimum atomic E-state index is -0.826. The molecule has 1 fully saturated rings. The van der Waals surface area contributed by atoms with Gasteiger partial charge in [0.15, 0.2) is 0 Å². The molecule has 4 nitrogen and oxygen atoms in total. The van der Waals surface area contributed by atoms with Gasteiger partial charge in [0, 0.05) is 19.0 Å². The van der Waals surface area contributed by atoms with Crippen LogP contribution in [-0.2, 0) is 9.59 Å². The largest absolute Gasteiger partial charge is 0.481 e. The highest BCUT2D eigenvalue weighted by Gasteiger charge is 2.27. The molecule has 0 aromatic heterocycles. The second kappa shape index (κ2) is 6.30. The number of hydrogen-bond donors (Lipinski definition) is 1. The Hall–Kier alpha value is -1.32. The van der Waals surface area contributed by atoms with E-state index >= 15 is 0 Å². The summed E-state index contributed by atoms with van der Waals surface area (Å²) in [5.74, 6) is -0.765. The van der Waals surface area contributed by atoms with E-state index < -0.39 is 5.97 Å². The molecule has 4 heteroatoms. The van der Waals surface area contributed by atoms with E-state index in [9.17, 15) is 9.59 Å². The van der Waals surface area contributed by atoms with E-state index in [2.05, 4.69) is 6.58 Å². The van der Waals surface area contributed by atoms with Crippen LogP contribution >= 0.6 is 0 Å². The summed E-state index contributed by atoms with van der Waals surface area (Å²) < 4.78 is 0. The number of carboxylic acid groups (broad SMARTS) is 1. The van der Waals surface area contributed by atoms with Crippen molar-refractivity contribution in [3.8, 4) is 0 Å². The van der Waals surface area contributed by atoms with Crippen LogP contribution in [0.4, 0.5) is 0 Å². The predicted molar refractivity (Wildman–Crippen MR) is 61.0 cm³/mol. The number of amides is 1. The van der Waals surface area contributed by atoms with Crippen LogP contribution in [0.5, 0.6) is 0 Å². The van der Waals surface area contributed by atoms with Gasteiger partial charge in [0.1, 0.15) is 0 Å². The number of aliphatic carboxylic acids is 1. The summed E-state index contributed by atoms with van der Waals surface area (Å²) in [4.78, 5) is 24.3. The van der Waals surface area contributed by atoms with E-state index in [4.69, 9.17) is 5.11 Å². The van der Waals surface area contributed by atoms with Crippen LogP contribution in [0.3, 0.4) is 0 Å². The highest BCUT2D eigenvalue weighted by atomic mass is 16.4. The number of carboxylic acids is 1. The van der Waals surface area contributed by atoms with Gasteiger partial charge in [0.25, 0.3) is 0 Å². The molecule has 1 aliphatic rings. The number of likely N-dealkylation sites (tertiary alicyclic amines) is 1. The summed E-state index contributed by atoms with van der Waals surface area (Å²) in [6.45, 7) is 4.28. The molecule has 1 aliphatic heterocycles. The van der Waals surface area contributed by atoms with Gasteiger partial charge in [-0.05, 0) is 25.7 Å². The highest BCUT2D eigenvalue weighted by molar-refractivity contribution is 5.77. The molecular weight excluding hydrogens is 206 g/mol. The van der Waals surface area contributed by atoms with Gasteiger partial charge >= 0.3 is 5.97 Å². The van der Waals surface area contributed by atoms with E-state index in [1.165, 1.54) is 0 Å². The Labute approximate surface area is 95.9 Å². The summed E-state index contributed by atoms with van der Waals surface area (Å²) in [5, 5.41) is 8.79. The number of hydrogen-bond acceptors (Lipinski definition) is 2. The van der Waals surface area contributed by atoms with Gasteiger partial charge < -0.3 is 10.0 Å². The van der Waals surface area contributed by atoms with Gasteiger partial charge in [-0.3, -0.25) is 9.59 Å². The van der Waals surface area contributed by atoms with Crippen LogP contribution < -0.4 is 0 Å². The molecule has 90 valence electrons. The summed E-state index contributed by atoms with van der Waals surface area (Å²) >= 11 is 0. The minimum Gasteiger partial charge on any atom is -0.481 e. The molecule has 0 aromatic carbocycles. The van der Waals surface area contributed by atoms with Crippen molar-refractivity contribution in [2.45, 2.75) is 44.6 Å². The molecule has 1 unspecified atom stereocenters. The quantitative estimate of drug-likeness (QED) is 0.726. The lowest BCUT2D eigenvalue weighted by molar-refractivity contribution is -0.141. The second-order valence-corrected chi connectivity index (χ2v) is 4.16. The van der Waals surface area contributed by atoms with Crippen LogP contribution in [0.15, 0.2) is 12.7 Å². The Kier molecular flexibility index (Phi) is 5.02. The topological polar surface area (TPSA) is 57.6 Å². The third kappa shape index (κ3) is 3.68. The maximum absolute atomic E-state index is 11.8. The fourth-order valence-electron chi connectivity index (χ4n) is 2.11. The minimum absolute atomic E-state index is 0.0610. The molecule has 0 aromatic rings. The van der Waals surface area contributed by atoms with Gasteiger partial charge in [-0.15, -0.1) is 6.58 Å². The van der Waals surface area contributed by atoms with Gasteiger partial charge in [0.2, 0.25) is 5.91 Å². The zero-order chi connectivity index (χ0) is 12.0. The first-order valence-corrected chi connectivity index (χ1v) is 5.77. The molecule has 1 heterocycles. The van der Waals surface area contributed by atoms with Crippen molar-refractivity contribution in [1.29, 1.82) is 0 Å². The Morgan fingerprint density at radius 2 is 2.19 bits per heavy atom. The summed E-state index contributed by atoms with van der Waals surface area (Å²) in [6, 6.07) is -0.108. The van der Waals surface area contributed by atoms with E-state index in [1.807, 2.05) is 0 Å². The number of carbonyl (C=O) groups excluding carboxylic acids is 1. The smallest absolute Gasteiger partial charge is 0.305 e. The maximum Gasteiger partial charge on any atom is 0.305 e. The van der Waals surface area contributed by atoms with Crippen molar-refractivity contribution in [3.63, 3.8) is 0 Å². The van der Waals surface area contributed by atoms with Gasteiger partial charge in [-0.2, -0.15) is 0 Å². The number of nitrogens with zero attached hydrogens (tertiary/aromatic N) is 1. The number of piperidine rings is 1. The van der Waals surface area contributed by atoms with Gasteiger partial charge in [-0.1, -0.05) is 6.08 Å². The Morgan fingerprint density at radius 3 is 2.81 bits per heavy atom. The molecule has 1 rings (SSSR count). The molecule has 1 atom stereocenters. The third-order valence-corrected chi connectivity index (χ3v) is 2.92. The van der Waals surface area contributed by atoms with Crippen LogP contribution in [0.1, 0.15) is 38.5 Å². The Balaban J connectivity index is 2.54. The standard InChI is InChI=1S/C12H19NO3/c1-2-3-7-11(14)13-8-5-4-6-10(13)9-12(15)16/h2,10H,1,3-9H2,(H,15,16). The monoisotopic (exact) mass is 225 g/mol. The number of allylic oxidation sites excluding steroid dienone is 1. The Morgan fingerprint density at radius 1 is 1.44 bits per heavy atom. The van der Waals surface area contributed by atoms with Crippen molar-refractivity contribution in [2.24, 2.45) is 0 Å². The summed E-state index contributed by atoms with van der Waals surface area (Å²) in [6.07, 6.45) is 5.70.